The molecule has 16 heteroatoms. The summed E-state index contributed by atoms with van der Waals surface area (Å²) in [5, 5.41) is 109. The summed E-state index contributed by atoms with van der Waals surface area (Å²) in [5.74, 6) is 0. The Hall–Kier alpha value is -0.640. The van der Waals surface area contributed by atoms with Crippen molar-refractivity contribution in [3.63, 3.8) is 0 Å². The fraction of sp³-hybridized carbons (Fsp3) is 1.00. The minimum atomic E-state index is -1.92. The van der Waals surface area contributed by atoms with Crippen LogP contribution in [0.1, 0.15) is 0 Å². The van der Waals surface area contributed by atoms with Crippen LogP contribution in [0, 0.1) is 0 Å². The molecule has 3 saturated heterocycles. The molecule has 0 spiro atoms. The number of ether oxygens (including phenoxy) is 5. The van der Waals surface area contributed by atoms with Crippen molar-refractivity contribution in [2.75, 3.05) is 19.8 Å². The fourth-order valence-electron chi connectivity index (χ4n) is 4.04. The third-order valence-electron chi connectivity index (χ3n) is 6.09. The molecule has 0 radical (unpaired) electrons. The molecule has 1 unspecified atom stereocenters. The predicted molar refractivity (Wildman–Crippen MR) is 101 cm³/mol. The summed E-state index contributed by atoms with van der Waals surface area (Å²) in [5.41, 5.74) is 0. The van der Waals surface area contributed by atoms with Gasteiger partial charge in [-0.2, -0.15) is 0 Å². The Morgan fingerprint density at radius 3 is 1.26 bits per heavy atom. The number of aliphatic hydroxyl groups excluding tert-OH is 11. The van der Waals surface area contributed by atoms with Gasteiger partial charge in [-0.1, -0.05) is 0 Å². The third kappa shape index (κ3) is 5.37. The van der Waals surface area contributed by atoms with E-state index in [1.807, 2.05) is 0 Å². The van der Waals surface area contributed by atoms with Crippen LogP contribution in [0.25, 0.3) is 0 Å². The van der Waals surface area contributed by atoms with E-state index < -0.39 is 112 Å². The SMILES string of the molecule is OC[C@H]1O[C@@H](O[C@H]2[C@H](O)[C@@H](O[C@@H]3O[C@H](CO)[C@H](O)[C@H](O)[C@H]3O)C(O)O[C@@H]2CO)[C@H](O)[C@@H](O)[C@H]1O. The Morgan fingerprint density at radius 1 is 0.441 bits per heavy atom. The van der Waals surface area contributed by atoms with Crippen LogP contribution in [0.15, 0.2) is 0 Å². The first-order valence-corrected chi connectivity index (χ1v) is 10.6. The van der Waals surface area contributed by atoms with E-state index >= 15 is 0 Å². The van der Waals surface area contributed by atoms with Gasteiger partial charge in [-0.05, 0) is 0 Å². The summed E-state index contributed by atoms with van der Waals surface area (Å²) >= 11 is 0. The molecule has 34 heavy (non-hydrogen) atoms. The highest BCUT2D eigenvalue weighted by Crippen LogP contribution is 2.32. The van der Waals surface area contributed by atoms with Crippen LogP contribution in [-0.4, -0.2) is 168 Å². The zero-order valence-corrected chi connectivity index (χ0v) is 17.7. The summed E-state index contributed by atoms with van der Waals surface area (Å²) in [6, 6.07) is 0. The minimum Gasteiger partial charge on any atom is -0.394 e. The molecule has 11 N–H and O–H groups in total. The van der Waals surface area contributed by atoms with Crippen molar-refractivity contribution < 1.29 is 79.9 Å². The van der Waals surface area contributed by atoms with E-state index in [4.69, 9.17) is 23.7 Å². The van der Waals surface area contributed by atoms with Crippen molar-refractivity contribution in [2.45, 2.75) is 92.1 Å². The molecule has 0 aromatic rings. The topological polar surface area (TPSA) is 269 Å². The molecule has 0 aliphatic carbocycles. The van der Waals surface area contributed by atoms with Crippen LogP contribution in [0.3, 0.4) is 0 Å². The standard InChI is InChI=1S/C18H32O16/c19-1-4-7(22)9(24)11(26)17(31-4)33-14-6(3-21)30-16(29)15(13(14)28)34-18-12(27)10(25)8(23)5(2-20)32-18/h4-29H,1-3H2/t4-,5-,6-,7+,8+,9+,10+,11-,12-,13+,14-,15-,16?,17+,18+/m1/s1. The third-order valence-corrected chi connectivity index (χ3v) is 6.09. The lowest BCUT2D eigenvalue weighted by atomic mass is 9.96. The van der Waals surface area contributed by atoms with Gasteiger partial charge in [0.2, 0.25) is 0 Å². The second-order valence-corrected chi connectivity index (χ2v) is 8.33. The van der Waals surface area contributed by atoms with Gasteiger partial charge in [-0.3, -0.25) is 0 Å². The normalized spacial score (nSPS) is 52.5. The molecule has 15 atom stereocenters. The fourth-order valence-corrected chi connectivity index (χ4v) is 4.04. The smallest absolute Gasteiger partial charge is 0.187 e. The van der Waals surface area contributed by atoms with Crippen LogP contribution in [0.2, 0.25) is 0 Å². The zero-order valence-electron chi connectivity index (χ0n) is 17.7. The van der Waals surface area contributed by atoms with Gasteiger partial charge in [-0.25, -0.2) is 0 Å². The molecule has 0 bridgehead atoms. The minimum absolute atomic E-state index is 0.750. The van der Waals surface area contributed by atoms with Crippen molar-refractivity contribution in [3.8, 4) is 0 Å². The van der Waals surface area contributed by atoms with Crippen molar-refractivity contribution in [1.82, 2.24) is 0 Å². The highest BCUT2D eigenvalue weighted by atomic mass is 16.8. The first-order valence-electron chi connectivity index (χ1n) is 10.6. The van der Waals surface area contributed by atoms with Crippen LogP contribution < -0.4 is 0 Å². The first kappa shape index (κ1) is 27.9. The molecule has 16 nitrogen and oxygen atoms in total. The van der Waals surface area contributed by atoms with E-state index in [9.17, 15) is 56.2 Å². The molecule has 0 aromatic heterocycles. The van der Waals surface area contributed by atoms with E-state index in [-0.39, 0.29) is 0 Å². The van der Waals surface area contributed by atoms with Gasteiger partial charge < -0.3 is 79.9 Å². The number of aliphatic hydroxyl groups is 11. The van der Waals surface area contributed by atoms with E-state index in [2.05, 4.69) is 0 Å². The van der Waals surface area contributed by atoms with E-state index in [1.54, 1.807) is 0 Å². The van der Waals surface area contributed by atoms with Gasteiger partial charge in [0.05, 0.1) is 19.8 Å². The Morgan fingerprint density at radius 2 is 0.853 bits per heavy atom. The average Bonchev–Trinajstić information content (AvgIpc) is 2.82. The van der Waals surface area contributed by atoms with E-state index in [0.717, 1.165) is 0 Å². The molecule has 3 aliphatic rings. The van der Waals surface area contributed by atoms with Crippen molar-refractivity contribution in [2.24, 2.45) is 0 Å². The summed E-state index contributed by atoms with van der Waals surface area (Å²) in [7, 11) is 0. The van der Waals surface area contributed by atoms with Crippen LogP contribution in [-0.2, 0) is 23.7 Å². The Kier molecular flexibility index (Phi) is 9.54. The number of rotatable bonds is 7. The summed E-state index contributed by atoms with van der Waals surface area (Å²) in [4.78, 5) is 0. The molecular weight excluding hydrogens is 472 g/mol. The molecule has 3 rings (SSSR count). The van der Waals surface area contributed by atoms with Gasteiger partial charge >= 0.3 is 0 Å². The molecule has 3 heterocycles. The lowest BCUT2D eigenvalue weighted by molar-refractivity contribution is -0.382. The molecular formula is C18H32O16. The molecule has 0 aromatic carbocycles. The van der Waals surface area contributed by atoms with Crippen molar-refractivity contribution in [1.29, 1.82) is 0 Å². The quantitative estimate of drug-likeness (QED) is 0.154. The molecule has 3 fully saturated rings. The zero-order chi connectivity index (χ0) is 25.3. The monoisotopic (exact) mass is 504 g/mol. The molecule has 3 aliphatic heterocycles. The van der Waals surface area contributed by atoms with Gasteiger partial charge in [0.25, 0.3) is 0 Å². The summed E-state index contributed by atoms with van der Waals surface area (Å²) in [6.45, 7) is -2.31. The maximum absolute atomic E-state index is 10.8. The molecule has 0 amide bonds. The lowest BCUT2D eigenvalue weighted by Crippen LogP contribution is -2.66. The Bertz CT molecular complexity index is 637. The largest absolute Gasteiger partial charge is 0.394 e. The summed E-state index contributed by atoms with van der Waals surface area (Å²) < 4.78 is 26.4. The first-order chi connectivity index (χ1) is 16.0. The number of hydrogen-bond donors (Lipinski definition) is 11. The number of hydrogen-bond acceptors (Lipinski definition) is 16. The lowest BCUT2D eigenvalue weighted by Gasteiger charge is -2.47. The van der Waals surface area contributed by atoms with Crippen molar-refractivity contribution >= 4 is 0 Å². The van der Waals surface area contributed by atoms with E-state index in [1.165, 1.54) is 0 Å². The highest BCUT2D eigenvalue weighted by molar-refractivity contribution is 4.96. The highest BCUT2D eigenvalue weighted by Gasteiger charge is 2.53. The maximum atomic E-state index is 10.8. The van der Waals surface area contributed by atoms with Crippen LogP contribution >= 0.6 is 0 Å². The summed E-state index contributed by atoms with van der Waals surface area (Å²) in [6.07, 6.45) is -25.4. The molecule has 0 saturated carbocycles. The van der Waals surface area contributed by atoms with Crippen molar-refractivity contribution in [3.05, 3.63) is 0 Å². The van der Waals surface area contributed by atoms with Gasteiger partial charge in [0, 0.05) is 0 Å². The molecule has 200 valence electrons. The second kappa shape index (κ2) is 11.6. The maximum Gasteiger partial charge on any atom is 0.187 e. The predicted octanol–water partition coefficient (Wildman–Crippen LogP) is -7.57. The Labute approximate surface area is 192 Å². The second-order valence-electron chi connectivity index (χ2n) is 8.33. The average molecular weight is 504 g/mol. The van der Waals surface area contributed by atoms with Gasteiger partial charge in [0.1, 0.15) is 73.2 Å². The van der Waals surface area contributed by atoms with E-state index in [0.29, 0.717) is 0 Å². The van der Waals surface area contributed by atoms with Crippen LogP contribution in [0.5, 0.6) is 0 Å². The Balaban J connectivity index is 1.76. The van der Waals surface area contributed by atoms with Crippen LogP contribution in [0.4, 0.5) is 0 Å². The van der Waals surface area contributed by atoms with Gasteiger partial charge in [0.15, 0.2) is 18.9 Å². The van der Waals surface area contributed by atoms with Gasteiger partial charge in [-0.15, -0.1) is 0 Å².